The summed E-state index contributed by atoms with van der Waals surface area (Å²) in [7, 11) is 0. The standard InChI is InChI=1S/C16H17N3S2/c1-9-10(2)21-16-14(9)15(17-11(3)18-16)19-12-5-7-13(20-4)8-6-12/h5-8H,1-4H3,(H,17,18,19). The van der Waals surface area contributed by atoms with E-state index in [1.165, 1.54) is 15.3 Å². The van der Waals surface area contributed by atoms with Crippen molar-refractivity contribution in [3.63, 3.8) is 0 Å². The summed E-state index contributed by atoms with van der Waals surface area (Å²) in [5.74, 6) is 1.70. The molecule has 2 aromatic heterocycles. The molecule has 21 heavy (non-hydrogen) atoms. The van der Waals surface area contributed by atoms with Gasteiger partial charge in [0.05, 0.1) is 5.39 Å². The average molecular weight is 315 g/mol. The summed E-state index contributed by atoms with van der Waals surface area (Å²) in [6.07, 6.45) is 2.08. The number of rotatable bonds is 3. The van der Waals surface area contributed by atoms with Gasteiger partial charge in [-0.15, -0.1) is 23.1 Å². The van der Waals surface area contributed by atoms with Crippen LogP contribution in [0.2, 0.25) is 0 Å². The van der Waals surface area contributed by atoms with Crippen LogP contribution in [-0.2, 0) is 0 Å². The highest BCUT2D eigenvalue weighted by atomic mass is 32.2. The average Bonchev–Trinajstić information content (AvgIpc) is 2.74. The number of aryl methyl sites for hydroxylation is 3. The highest BCUT2D eigenvalue weighted by Gasteiger charge is 2.13. The van der Waals surface area contributed by atoms with E-state index in [1.807, 2.05) is 6.92 Å². The van der Waals surface area contributed by atoms with Crippen LogP contribution in [0.4, 0.5) is 11.5 Å². The van der Waals surface area contributed by atoms with Gasteiger partial charge in [-0.1, -0.05) is 0 Å². The van der Waals surface area contributed by atoms with Crippen LogP contribution in [0.5, 0.6) is 0 Å². The van der Waals surface area contributed by atoms with Crippen LogP contribution in [0.1, 0.15) is 16.3 Å². The van der Waals surface area contributed by atoms with Gasteiger partial charge in [-0.25, -0.2) is 9.97 Å². The number of hydrogen-bond donors (Lipinski definition) is 1. The van der Waals surface area contributed by atoms with E-state index < -0.39 is 0 Å². The summed E-state index contributed by atoms with van der Waals surface area (Å²) >= 11 is 3.47. The van der Waals surface area contributed by atoms with Crippen molar-refractivity contribution in [1.29, 1.82) is 0 Å². The minimum atomic E-state index is 0.798. The fraction of sp³-hybridized carbons (Fsp3) is 0.250. The molecule has 3 nitrogen and oxygen atoms in total. The normalized spacial score (nSPS) is 11.0. The van der Waals surface area contributed by atoms with Crippen molar-refractivity contribution in [2.24, 2.45) is 0 Å². The molecule has 5 heteroatoms. The topological polar surface area (TPSA) is 37.8 Å². The minimum absolute atomic E-state index is 0.798. The van der Waals surface area contributed by atoms with Gasteiger partial charge < -0.3 is 5.32 Å². The molecule has 1 N–H and O–H groups in total. The molecule has 0 aliphatic heterocycles. The first kappa shape index (κ1) is 14.4. The Balaban J connectivity index is 2.06. The molecule has 0 bridgehead atoms. The molecule has 0 spiro atoms. The monoisotopic (exact) mass is 315 g/mol. The molecule has 2 heterocycles. The summed E-state index contributed by atoms with van der Waals surface area (Å²) in [5.41, 5.74) is 2.31. The second-order valence-corrected chi connectivity index (χ2v) is 7.02. The van der Waals surface area contributed by atoms with Crippen LogP contribution >= 0.6 is 23.1 Å². The summed E-state index contributed by atoms with van der Waals surface area (Å²) in [6, 6.07) is 8.40. The molecule has 0 aliphatic rings. The van der Waals surface area contributed by atoms with Gasteiger partial charge in [0.1, 0.15) is 16.5 Å². The molecule has 0 aliphatic carbocycles. The van der Waals surface area contributed by atoms with Gasteiger partial charge >= 0.3 is 0 Å². The zero-order valence-electron chi connectivity index (χ0n) is 12.5. The molecule has 3 aromatic rings. The zero-order chi connectivity index (χ0) is 15.0. The minimum Gasteiger partial charge on any atom is -0.340 e. The molecule has 108 valence electrons. The maximum Gasteiger partial charge on any atom is 0.143 e. The van der Waals surface area contributed by atoms with E-state index in [4.69, 9.17) is 0 Å². The van der Waals surface area contributed by atoms with Crippen LogP contribution in [0.25, 0.3) is 10.2 Å². The van der Waals surface area contributed by atoms with E-state index in [1.54, 1.807) is 23.1 Å². The Morgan fingerprint density at radius 1 is 1.05 bits per heavy atom. The third-order valence-corrected chi connectivity index (χ3v) is 5.34. The van der Waals surface area contributed by atoms with Crippen LogP contribution in [0.3, 0.4) is 0 Å². The lowest BCUT2D eigenvalue weighted by Gasteiger charge is -2.09. The van der Waals surface area contributed by atoms with Gasteiger partial charge in [-0.05, 0) is 56.9 Å². The molecule has 3 rings (SSSR count). The molecule has 0 atom stereocenters. The van der Waals surface area contributed by atoms with E-state index in [9.17, 15) is 0 Å². The number of thioether (sulfide) groups is 1. The lowest BCUT2D eigenvalue weighted by Crippen LogP contribution is -1.98. The smallest absolute Gasteiger partial charge is 0.143 e. The Labute approximate surface area is 132 Å². The Bertz CT molecular complexity index is 791. The fourth-order valence-electron chi connectivity index (χ4n) is 2.26. The lowest BCUT2D eigenvalue weighted by molar-refractivity contribution is 1.10. The SMILES string of the molecule is CSc1ccc(Nc2nc(C)nc3sc(C)c(C)c23)cc1. The maximum absolute atomic E-state index is 4.59. The fourth-order valence-corrected chi connectivity index (χ4v) is 3.74. The predicted molar refractivity (Wildman–Crippen MR) is 93.1 cm³/mol. The molecule has 0 fully saturated rings. The molecule has 0 amide bonds. The second-order valence-electron chi connectivity index (χ2n) is 4.94. The lowest BCUT2D eigenvalue weighted by atomic mass is 10.2. The molecular formula is C16H17N3S2. The van der Waals surface area contributed by atoms with Crippen LogP contribution in [0.15, 0.2) is 29.2 Å². The molecular weight excluding hydrogens is 298 g/mol. The number of aromatic nitrogens is 2. The van der Waals surface area contributed by atoms with Crippen molar-refractivity contribution in [2.75, 3.05) is 11.6 Å². The Hall–Kier alpha value is -1.59. The van der Waals surface area contributed by atoms with Crippen molar-refractivity contribution in [2.45, 2.75) is 25.7 Å². The van der Waals surface area contributed by atoms with Gasteiger partial charge in [-0.2, -0.15) is 0 Å². The van der Waals surface area contributed by atoms with Gasteiger partial charge in [0.2, 0.25) is 0 Å². The summed E-state index contributed by atoms with van der Waals surface area (Å²) < 4.78 is 0. The van der Waals surface area contributed by atoms with Crippen molar-refractivity contribution in [1.82, 2.24) is 9.97 Å². The van der Waals surface area contributed by atoms with Crippen LogP contribution in [-0.4, -0.2) is 16.2 Å². The van der Waals surface area contributed by atoms with Gasteiger partial charge in [0.15, 0.2) is 0 Å². The zero-order valence-corrected chi connectivity index (χ0v) is 14.2. The van der Waals surface area contributed by atoms with Gasteiger partial charge in [-0.3, -0.25) is 0 Å². The Morgan fingerprint density at radius 2 is 1.76 bits per heavy atom. The number of thiophene rings is 1. The first-order valence-electron chi connectivity index (χ1n) is 6.74. The van der Waals surface area contributed by atoms with Crippen molar-refractivity contribution in [3.05, 3.63) is 40.5 Å². The van der Waals surface area contributed by atoms with Crippen molar-refractivity contribution >= 4 is 44.8 Å². The highest BCUT2D eigenvalue weighted by molar-refractivity contribution is 7.98. The molecule has 0 saturated carbocycles. The van der Waals surface area contributed by atoms with E-state index in [0.29, 0.717) is 0 Å². The number of benzene rings is 1. The van der Waals surface area contributed by atoms with Gasteiger partial charge in [0.25, 0.3) is 0 Å². The highest BCUT2D eigenvalue weighted by Crippen LogP contribution is 2.34. The first-order chi connectivity index (χ1) is 10.1. The third kappa shape index (κ3) is 2.76. The van der Waals surface area contributed by atoms with E-state index in [-0.39, 0.29) is 0 Å². The molecule has 0 saturated heterocycles. The molecule has 1 aromatic carbocycles. The Kier molecular flexibility index (Phi) is 3.87. The van der Waals surface area contributed by atoms with E-state index in [0.717, 1.165) is 27.5 Å². The predicted octanol–water partition coefficient (Wildman–Crippen LogP) is 5.08. The second kappa shape index (κ2) is 5.66. The number of hydrogen-bond acceptors (Lipinski definition) is 5. The quantitative estimate of drug-likeness (QED) is 0.684. The summed E-state index contributed by atoms with van der Waals surface area (Å²) in [5, 5.41) is 4.58. The Morgan fingerprint density at radius 3 is 2.43 bits per heavy atom. The van der Waals surface area contributed by atoms with Crippen molar-refractivity contribution in [3.8, 4) is 0 Å². The number of nitrogens with zero attached hydrogens (tertiary/aromatic N) is 2. The van der Waals surface area contributed by atoms with E-state index in [2.05, 4.69) is 59.7 Å². The number of fused-ring (bicyclic) bond motifs is 1. The third-order valence-electron chi connectivity index (χ3n) is 3.49. The number of anilines is 2. The van der Waals surface area contributed by atoms with E-state index >= 15 is 0 Å². The maximum atomic E-state index is 4.59. The summed E-state index contributed by atoms with van der Waals surface area (Å²) in [6.45, 7) is 6.20. The number of nitrogens with one attached hydrogen (secondary N) is 1. The van der Waals surface area contributed by atoms with Crippen LogP contribution < -0.4 is 5.32 Å². The molecule has 0 radical (unpaired) electrons. The van der Waals surface area contributed by atoms with Crippen molar-refractivity contribution < 1.29 is 0 Å². The first-order valence-corrected chi connectivity index (χ1v) is 8.78. The summed E-state index contributed by atoms with van der Waals surface area (Å²) in [4.78, 5) is 12.8. The largest absolute Gasteiger partial charge is 0.340 e. The van der Waals surface area contributed by atoms with Crippen LogP contribution in [0, 0.1) is 20.8 Å². The van der Waals surface area contributed by atoms with Gasteiger partial charge in [0, 0.05) is 15.5 Å². The molecule has 0 unspecified atom stereocenters.